The smallest absolute Gasteiger partial charge is 0.319 e. The van der Waals surface area contributed by atoms with E-state index in [-0.39, 0.29) is 12.6 Å². The van der Waals surface area contributed by atoms with Crippen LogP contribution in [0.15, 0.2) is 28.7 Å². The average Bonchev–Trinajstić information content (AvgIpc) is 3.28. The number of rotatable bonds is 5. The van der Waals surface area contributed by atoms with Gasteiger partial charge in [-0.25, -0.2) is 4.79 Å². The van der Waals surface area contributed by atoms with Crippen LogP contribution in [0.2, 0.25) is 0 Å². The van der Waals surface area contributed by atoms with Crippen LogP contribution in [0.5, 0.6) is 0 Å². The molecule has 0 bridgehead atoms. The molecule has 1 aliphatic carbocycles. The number of nitrogens with one attached hydrogen (secondary N) is 2. The third kappa shape index (κ3) is 3.62. The number of benzene rings is 1. The number of urea groups is 1. The molecule has 2 amide bonds. The van der Waals surface area contributed by atoms with Gasteiger partial charge in [0.2, 0.25) is 11.8 Å². The van der Waals surface area contributed by atoms with Gasteiger partial charge in [-0.15, -0.1) is 10.2 Å². The molecule has 0 saturated heterocycles. The standard InChI is InChI=1S/C15H18N4O3/c1-9-18-19-14(22-9)11-4-6-12(7-5-11)17-15(21)16-8-13(20)10-2-3-10/h4-7,10,13,20H,2-3,8H2,1H3,(H2,16,17,21)/t13-/m0/s1. The van der Waals surface area contributed by atoms with Crippen LogP contribution in [0.4, 0.5) is 10.5 Å². The van der Waals surface area contributed by atoms with Crippen molar-refractivity contribution in [2.45, 2.75) is 25.9 Å². The maximum atomic E-state index is 11.7. The molecule has 0 unspecified atom stereocenters. The molecule has 1 heterocycles. The first-order chi connectivity index (χ1) is 10.6. The fourth-order valence-corrected chi connectivity index (χ4v) is 2.13. The Morgan fingerprint density at radius 3 is 2.68 bits per heavy atom. The average molecular weight is 302 g/mol. The zero-order chi connectivity index (χ0) is 15.5. The number of aliphatic hydroxyl groups is 1. The van der Waals surface area contributed by atoms with Crippen molar-refractivity contribution in [1.29, 1.82) is 0 Å². The summed E-state index contributed by atoms with van der Waals surface area (Å²) < 4.78 is 5.33. The second kappa shape index (κ2) is 6.15. The predicted octanol–water partition coefficient (Wildman–Crippen LogP) is 1.94. The van der Waals surface area contributed by atoms with E-state index in [2.05, 4.69) is 20.8 Å². The summed E-state index contributed by atoms with van der Waals surface area (Å²) in [6, 6.07) is 6.77. The van der Waals surface area contributed by atoms with Crippen LogP contribution in [0, 0.1) is 12.8 Å². The molecule has 0 spiro atoms. The highest BCUT2D eigenvalue weighted by atomic mass is 16.4. The van der Waals surface area contributed by atoms with E-state index in [1.54, 1.807) is 31.2 Å². The van der Waals surface area contributed by atoms with E-state index in [0.29, 0.717) is 23.4 Å². The molecule has 22 heavy (non-hydrogen) atoms. The Hall–Kier alpha value is -2.41. The van der Waals surface area contributed by atoms with Crippen molar-refractivity contribution in [2.75, 3.05) is 11.9 Å². The zero-order valence-corrected chi connectivity index (χ0v) is 12.2. The lowest BCUT2D eigenvalue weighted by Crippen LogP contribution is -2.36. The van der Waals surface area contributed by atoms with E-state index >= 15 is 0 Å². The molecule has 3 N–H and O–H groups in total. The fourth-order valence-electron chi connectivity index (χ4n) is 2.13. The molecule has 0 radical (unpaired) electrons. The van der Waals surface area contributed by atoms with Crippen molar-refractivity contribution >= 4 is 11.7 Å². The topological polar surface area (TPSA) is 100 Å². The molecule has 3 rings (SSSR count). The normalized spacial score (nSPS) is 15.4. The van der Waals surface area contributed by atoms with Crippen LogP contribution in [-0.2, 0) is 0 Å². The van der Waals surface area contributed by atoms with Gasteiger partial charge < -0.3 is 20.2 Å². The van der Waals surface area contributed by atoms with Crippen LogP contribution in [0.1, 0.15) is 18.7 Å². The first-order valence-electron chi connectivity index (χ1n) is 7.25. The molecule has 1 aromatic heterocycles. The van der Waals surface area contributed by atoms with E-state index < -0.39 is 6.10 Å². The summed E-state index contributed by atoms with van der Waals surface area (Å²) in [5.41, 5.74) is 1.44. The van der Waals surface area contributed by atoms with Crippen molar-refractivity contribution in [1.82, 2.24) is 15.5 Å². The van der Waals surface area contributed by atoms with Gasteiger partial charge in [0.15, 0.2) is 0 Å². The summed E-state index contributed by atoms with van der Waals surface area (Å²) in [6.45, 7) is 2.00. The van der Waals surface area contributed by atoms with Crippen LogP contribution < -0.4 is 10.6 Å². The Labute approximate surface area is 127 Å². The fraction of sp³-hybridized carbons (Fsp3) is 0.400. The van der Waals surface area contributed by atoms with Gasteiger partial charge >= 0.3 is 6.03 Å². The lowest BCUT2D eigenvalue weighted by atomic mass is 10.2. The van der Waals surface area contributed by atoms with Crippen LogP contribution in [0.25, 0.3) is 11.5 Å². The number of aliphatic hydroxyl groups excluding tert-OH is 1. The third-order valence-corrected chi connectivity index (χ3v) is 3.55. The molecule has 2 aromatic rings. The van der Waals surface area contributed by atoms with E-state index in [1.807, 2.05) is 0 Å². The SMILES string of the molecule is Cc1nnc(-c2ccc(NC(=O)NC[C@H](O)C3CC3)cc2)o1. The number of carbonyl (C=O) groups is 1. The van der Waals surface area contributed by atoms with Crippen LogP contribution in [-0.4, -0.2) is 34.0 Å². The zero-order valence-electron chi connectivity index (χ0n) is 12.2. The number of hydrogen-bond acceptors (Lipinski definition) is 5. The molecular weight excluding hydrogens is 284 g/mol. The minimum atomic E-state index is -0.450. The predicted molar refractivity (Wildman–Crippen MR) is 80.2 cm³/mol. The second-order valence-electron chi connectivity index (χ2n) is 5.44. The number of aryl methyl sites for hydroxylation is 1. The molecule has 0 aliphatic heterocycles. The first kappa shape index (κ1) is 14.5. The molecule has 1 aliphatic rings. The molecule has 1 fully saturated rings. The quantitative estimate of drug-likeness (QED) is 0.783. The highest BCUT2D eigenvalue weighted by molar-refractivity contribution is 5.89. The number of carbonyl (C=O) groups excluding carboxylic acids is 1. The van der Waals surface area contributed by atoms with Gasteiger partial charge in [-0.3, -0.25) is 0 Å². The Morgan fingerprint density at radius 2 is 2.09 bits per heavy atom. The van der Waals surface area contributed by atoms with E-state index in [0.717, 1.165) is 18.4 Å². The molecule has 1 aromatic carbocycles. The second-order valence-corrected chi connectivity index (χ2v) is 5.44. The molecule has 7 nitrogen and oxygen atoms in total. The van der Waals surface area contributed by atoms with Crippen LogP contribution >= 0.6 is 0 Å². The summed E-state index contributed by atoms with van der Waals surface area (Å²) in [4.78, 5) is 11.7. The van der Waals surface area contributed by atoms with Gasteiger partial charge in [-0.2, -0.15) is 0 Å². The summed E-state index contributed by atoms with van der Waals surface area (Å²) in [7, 11) is 0. The Bertz CT molecular complexity index is 649. The van der Waals surface area contributed by atoms with Gasteiger partial charge in [0, 0.05) is 24.7 Å². The Morgan fingerprint density at radius 1 is 1.36 bits per heavy atom. The van der Waals surface area contributed by atoms with Crippen molar-refractivity contribution < 1.29 is 14.3 Å². The van der Waals surface area contributed by atoms with Crippen LogP contribution in [0.3, 0.4) is 0 Å². The Balaban J connectivity index is 1.53. The van der Waals surface area contributed by atoms with Gasteiger partial charge in [-0.05, 0) is 43.0 Å². The van der Waals surface area contributed by atoms with Crippen molar-refractivity contribution in [3.05, 3.63) is 30.2 Å². The maximum Gasteiger partial charge on any atom is 0.319 e. The van der Waals surface area contributed by atoms with Gasteiger partial charge in [0.05, 0.1) is 6.10 Å². The molecule has 1 saturated carbocycles. The van der Waals surface area contributed by atoms with Crippen molar-refractivity contribution in [2.24, 2.45) is 5.92 Å². The lowest BCUT2D eigenvalue weighted by molar-refractivity contribution is 0.150. The largest absolute Gasteiger partial charge is 0.421 e. The lowest BCUT2D eigenvalue weighted by Gasteiger charge is -2.11. The summed E-state index contributed by atoms with van der Waals surface area (Å²) in [5.74, 6) is 1.30. The summed E-state index contributed by atoms with van der Waals surface area (Å²) >= 11 is 0. The van der Waals surface area contributed by atoms with E-state index in [1.165, 1.54) is 0 Å². The monoisotopic (exact) mass is 302 g/mol. The van der Waals surface area contributed by atoms with Crippen molar-refractivity contribution in [3.8, 4) is 11.5 Å². The van der Waals surface area contributed by atoms with Gasteiger partial charge in [-0.1, -0.05) is 0 Å². The first-order valence-corrected chi connectivity index (χ1v) is 7.25. The number of nitrogens with zero attached hydrogens (tertiary/aromatic N) is 2. The van der Waals surface area contributed by atoms with E-state index in [9.17, 15) is 9.90 Å². The highest BCUT2D eigenvalue weighted by Gasteiger charge is 2.29. The minimum absolute atomic E-state index is 0.274. The van der Waals surface area contributed by atoms with Crippen molar-refractivity contribution in [3.63, 3.8) is 0 Å². The third-order valence-electron chi connectivity index (χ3n) is 3.55. The maximum absolute atomic E-state index is 11.7. The Kier molecular flexibility index (Phi) is 4.06. The minimum Gasteiger partial charge on any atom is -0.421 e. The van der Waals surface area contributed by atoms with Gasteiger partial charge in [0.25, 0.3) is 0 Å². The highest BCUT2D eigenvalue weighted by Crippen LogP contribution is 2.32. The molecule has 1 atom stereocenters. The van der Waals surface area contributed by atoms with E-state index in [4.69, 9.17) is 4.42 Å². The molecular formula is C15H18N4O3. The summed E-state index contributed by atoms with van der Waals surface area (Å²) in [6.07, 6.45) is 1.64. The number of hydrogen-bond donors (Lipinski definition) is 3. The number of amides is 2. The molecule has 116 valence electrons. The molecule has 7 heteroatoms. The van der Waals surface area contributed by atoms with Gasteiger partial charge in [0.1, 0.15) is 0 Å². The number of anilines is 1. The summed E-state index contributed by atoms with van der Waals surface area (Å²) in [5, 5.41) is 22.8. The number of aromatic nitrogens is 2.